The van der Waals surface area contributed by atoms with E-state index in [1.807, 2.05) is 0 Å². The normalized spacial score (nSPS) is 31.7. The summed E-state index contributed by atoms with van der Waals surface area (Å²) >= 11 is 0. The van der Waals surface area contributed by atoms with Gasteiger partial charge in [-0.25, -0.2) is 14.4 Å². The highest BCUT2D eigenvalue weighted by molar-refractivity contribution is 6.02. The van der Waals surface area contributed by atoms with E-state index in [1.165, 1.54) is 26.0 Å². The number of carbonyl (C=O) groups is 5. The molecule has 1 heterocycles. The average Bonchev–Trinajstić information content (AvgIpc) is 3.21. The Hall–Kier alpha value is -5.57. The standard InChI is InChI=1S/C45H48O14/c1-26-31(47)22-45(52)38(58-39(49)30-19-13-8-14-20-30)36-43(5,37(48)35(34(26)42(45,3)4)57-41(51)54-24-29-17-11-7-12-18-29)32(21-33-44(36,25-55-33)59-27(2)46)56-40(50)53-23-28-15-9-6-10-16-28/h6-20,26,31-33,36,38,47,52H,21-25H2,1-5H3/t26?,31-,32-,33+,36-,38-,43+,44-,45+/m0/s1. The molecule has 0 aromatic heterocycles. The van der Waals surface area contributed by atoms with E-state index in [1.54, 1.807) is 99.6 Å². The van der Waals surface area contributed by atoms with Crippen LogP contribution in [0.3, 0.4) is 0 Å². The average molecular weight is 813 g/mol. The monoisotopic (exact) mass is 812 g/mol. The van der Waals surface area contributed by atoms with Gasteiger partial charge in [-0.3, -0.25) is 9.59 Å². The number of hydrogen-bond donors (Lipinski definition) is 2. The molecule has 4 aliphatic rings. The van der Waals surface area contributed by atoms with Crippen LogP contribution in [0.4, 0.5) is 9.59 Å². The number of rotatable bonds is 9. The maximum Gasteiger partial charge on any atom is 0.514 e. The summed E-state index contributed by atoms with van der Waals surface area (Å²) in [6.45, 7) is 6.69. The predicted octanol–water partition coefficient (Wildman–Crippen LogP) is 6.01. The number of benzene rings is 3. The predicted molar refractivity (Wildman–Crippen MR) is 206 cm³/mol. The molecular formula is C45H48O14. The van der Waals surface area contributed by atoms with Crippen molar-refractivity contribution in [3.63, 3.8) is 0 Å². The number of hydrogen-bond acceptors (Lipinski definition) is 14. The maximum atomic E-state index is 15.9. The number of esters is 2. The minimum Gasteiger partial charge on any atom is -0.455 e. The molecule has 2 saturated carbocycles. The van der Waals surface area contributed by atoms with E-state index >= 15 is 4.79 Å². The lowest BCUT2D eigenvalue weighted by Crippen LogP contribution is -2.81. The Kier molecular flexibility index (Phi) is 11.2. The van der Waals surface area contributed by atoms with Gasteiger partial charge in [-0.1, -0.05) is 99.6 Å². The molecule has 9 atom stereocenters. The van der Waals surface area contributed by atoms with Crippen molar-refractivity contribution < 1.29 is 67.3 Å². The van der Waals surface area contributed by atoms with Crippen LogP contribution in [-0.4, -0.2) is 82.5 Å². The molecule has 14 nitrogen and oxygen atoms in total. The maximum absolute atomic E-state index is 15.9. The minimum absolute atomic E-state index is 0.0276. The smallest absolute Gasteiger partial charge is 0.455 e. The van der Waals surface area contributed by atoms with Gasteiger partial charge in [0.05, 0.1) is 29.6 Å². The highest BCUT2D eigenvalue weighted by Gasteiger charge is 2.78. The topological polar surface area (TPSA) is 190 Å². The molecule has 312 valence electrons. The molecule has 1 saturated heterocycles. The van der Waals surface area contributed by atoms with Crippen molar-refractivity contribution in [3.8, 4) is 0 Å². The number of Topliss-reactive ketones (excluding diaryl/α,β-unsaturated/α-hetero) is 1. The van der Waals surface area contributed by atoms with Gasteiger partial charge >= 0.3 is 24.2 Å². The van der Waals surface area contributed by atoms with Crippen LogP contribution < -0.4 is 0 Å². The molecule has 1 unspecified atom stereocenters. The number of aliphatic hydroxyl groups excluding tert-OH is 1. The Bertz CT molecular complexity index is 2120. The van der Waals surface area contributed by atoms with Gasteiger partial charge < -0.3 is 43.4 Å². The second-order valence-corrected chi connectivity index (χ2v) is 16.5. The van der Waals surface area contributed by atoms with Crippen LogP contribution >= 0.6 is 0 Å². The zero-order valence-electron chi connectivity index (χ0n) is 33.5. The van der Waals surface area contributed by atoms with Gasteiger partial charge in [-0.15, -0.1) is 0 Å². The van der Waals surface area contributed by atoms with Crippen molar-refractivity contribution >= 4 is 30.0 Å². The molecule has 1 aliphatic heterocycles. The third kappa shape index (κ3) is 7.27. The third-order valence-electron chi connectivity index (χ3n) is 12.7. The number of fused-ring (bicyclic) bond motifs is 5. The van der Waals surface area contributed by atoms with E-state index in [0.717, 1.165) is 0 Å². The molecule has 3 aromatic rings. The Morgan fingerprint density at radius 1 is 0.814 bits per heavy atom. The molecule has 14 heteroatoms. The first-order chi connectivity index (χ1) is 28.0. The Morgan fingerprint density at radius 2 is 1.37 bits per heavy atom. The molecule has 2 N–H and O–H groups in total. The van der Waals surface area contributed by atoms with E-state index in [-0.39, 0.29) is 37.4 Å². The lowest BCUT2D eigenvalue weighted by Gasteiger charge is -2.67. The van der Waals surface area contributed by atoms with E-state index in [2.05, 4.69) is 0 Å². The number of allylic oxidation sites excluding steroid dienone is 1. The van der Waals surface area contributed by atoms with Crippen LogP contribution in [0.15, 0.2) is 102 Å². The fourth-order valence-corrected chi connectivity index (χ4v) is 9.60. The molecule has 0 amide bonds. The summed E-state index contributed by atoms with van der Waals surface area (Å²) in [6, 6.07) is 25.6. The van der Waals surface area contributed by atoms with Gasteiger partial charge in [0, 0.05) is 31.1 Å². The van der Waals surface area contributed by atoms with Crippen molar-refractivity contribution in [2.45, 2.75) is 96.3 Å². The first-order valence-electron chi connectivity index (χ1n) is 19.6. The second kappa shape index (κ2) is 15.9. The summed E-state index contributed by atoms with van der Waals surface area (Å²) in [5.41, 5.74) is -6.38. The van der Waals surface area contributed by atoms with Crippen molar-refractivity contribution in [1.29, 1.82) is 0 Å². The van der Waals surface area contributed by atoms with Crippen molar-refractivity contribution in [2.24, 2.45) is 22.7 Å². The van der Waals surface area contributed by atoms with Crippen molar-refractivity contribution in [1.82, 2.24) is 0 Å². The van der Waals surface area contributed by atoms with E-state index in [9.17, 15) is 29.4 Å². The van der Waals surface area contributed by atoms with Gasteiger partial charge in [-0.2, -0.15) is 0 Å². The lowest BCUT2D eigenvalue weighted by molar-refractivity contribution is -0.345. The quantitative estimate of drug-likeness (QED) is 0.189. The fraction of sp³-hybridized carbons (Fsp3) is 0.444. The summed E-state index contributed by atoms with van der Waals surface area (Å²) in [5.74, 6) is -5.65. The molecule has 3 fully saturated rings. The van der Waals surface area contributed by atoms with Crippen LogP contribution in [-0.2, 0) is 56.0 Å². The molecule has 59 heavy (non-hydrogen) atoms. The fourth-order valence-electron chi connectivity index (χ4n) is 9.60. The third-order valence-corrected chi connectivity index (χ3v) is 12.7. The summed E-state index contributed by atoms with van der Waals surface area (Å²) < 4.78 is 41.5. The summed E-state index contributed by atoms with van der Waals surface area (Å²) in [4.78, 5) is 70.5. The number of aliphatic hydroxyl groups is 2. The van der Waals surface area contributed by atoms with Crippen molar-refractivity contribution in [2.75, 3.05) is 6.61 Å². The van der Waals surface area contributed by atoms with Crippen LogP contribution in [0.25, 0.3) is 0 Å². The van der Waals surface area contributed by atoms with Crippen molar-refractivity contribution in [3.05, 3.63) is 119 Å². The first-order valence-corrected chi connectivity index (χ1v) is 19.6. The highest BCUT2D eigenvalue weighted by atomic mass is 16.7. The number of ketones is 1. The molecule has 0 spiro atoms. The number of carbonyl (C=O) groups excluding carboxylic acids is 5. The molecule has 0 radical (unpaired) electrons. The molecule has 7 rings (SSSR count). The van der Waals surface area contributed by atoms with Crippen LogP contribution in [0.1, 0.15) is 68.9 Å². The lowest BCUT2D eigenvalue weighted by atomic mass is 9.45. The zero-order valence-corrected chi connectivity index (χ0v) is 33.5. The molecule has 2 bridgehead atoms. The van der Waals surface area contributed by atoms with Crippen LogP contribution in [0, 0.1) is 22.7 Å². The molecular weight excluding hydrogens is 764 g/mol. The van der Waals surface area contributed by atoms with E-state index < -0.39 is 100 Å². The molecule has 3 aromatic carbocycles. The van der Waals surface area contributed by atoms with Crippen LogP contribution in [0.5, 0.6) is 0 Å². The van der Waals surface area contributed by atoms with Gasteiger partial charge in [-0.05, 0) is 35.8 Å². The summed E-state index contributed by atoms with van der Waals surface area (Å²) in [5, 5.41) is 25.2. The van der Waals surface area contributed by atoms with Gasteiger partial charge in [0.1, 0.15) is 37.1 Å². The Labute approximate surface area is 341 Å². The second-order valence-electron chi connectivity index (χ2n) is 16.5. The van der Waals surface area contributed by atoms with E-state index in [4.69, 9.17) is 33.2 Å². The Balaban J connectivity index is 1.42. The van der Waals surface area contributed by atoms with Gasteiger partial charge in [0.25, 0.3) is 0 Å². The van der Waals surface area contributed by atoms with Gasteiger partial charge in [0.15, 0.2) is 11.4 Å². The first kappa shape index (κ1) is 41.6. The Morgan fingerprint density at radius 3 is 1.92 bits per heavy atom. The summed E-state index contributed by atoms with van der Waals surface area (Å²) in [7, 11) is 0. The summed E-state index contributed by atoms with van der Waals surface area (Å²) in [6.07, 6.45) is -8.74. The highest BCUT2D eigenvalue weighted by Crippen LogP contribution is 2.65. The molecule has 3 aliphatic carbocycles. The number of ether oxygens (including phenoxy) is 7. The minimum atomic E-state index is -2.28. The van der Waals surface area contributed by atoms with E-state index in [0.29, 0.717) is 11.1 Å². The largest absolute Gasteiger partial charge is 0.514 e. The van der Waals surface area contributed by atoms with Gasteiger partial charge in [0.2, 0.25) is 5.78 Å². The zero-order chi connectivity index (χ0) is 42.3. The SMILES string of the molecule is CC(=O)O[C@@]12CO[C@@H]1C[C@H](OC(=O)OCc1ccccc1)[C@@]1(C)C(=O)C(OC(=O)OCc3ccccc3)=C3C(C)[C@@H](O)C[C@@](O)([C@@H](OC(=O)c4ccccc4)[C@H]21)C3(C)C. The van der Waals surface area contributed by atoms with Crippen LogP contribution in [0.2, 0.25) is 0 Å².